The van der Waals surface area contributed by atoms with Crippen LogP contribution in [-0.4, -0.2) is 43.4 Å². The molecular formula is C24H25F2N7O. The highest BCUT2D eigenvalue weighted by Crippen LogP contribution is 2.37. The SMILES string of the molecule is CCc1cc(-c2cnn(C)c2)cc(F)c1N(C)c1cc2c(ncn2C)c(NC(=O)[C@H]2C[C@H]2F)n1. The van der Waals surface area contributed by atoms with Crippen LogP contribution in [0.4, 0.5) is 26.1 Å². The number of halogens is 2. The molecule has 3 heterocycles. The van der Waals surface area contributed by atoms with Gasteiger partial charge in [-0.2, -0.15) is 5.10 Å². The number of aromatic nitrogens is 5. The first-order valence-electron chi connectivity index (χ1n) is 11.1. The summed E-state index contributed by atoms with van der Waals surface area (Å²) in [5.74, 6) is -0.813. The minimum Gasteiger partial charge on any atom is -0.334 e. The van der Waals surface area contributed by atoms with E-state index in [1.807, 2.05) is 33.3 Å². The largest absolute Gasteiger partial charge is 0.334 e. The number of rotatable bonds is 6. The minimum absolute atomic E-state index is 0.213. The van der Waals surface area contributed by atoms with Crippen LogP contribution in [0.1, 0.15) is 18.9 Å². The van der Waals surface area contributed by atoms with E-state index in [0.29, 0.717) is 29.0 Å². The molecule has 0 bridgehead atoms. The molecule has 1 aliphatic rings. The van der Waals surface area contributed by atoms with E-state index >= 15 is 4.39 Å². The number of pyridine rings is 1. The topological polar surface area (TPSA) is 80.9 Å². The van der Waals surface area contributed by atoms with Crippen molar-refractivity contribution >= 4 is 34.3 Å². The second kappa shape index (κ2) is 8.19. The van der Waals surface area contributed by atoms with Gasteiger partial charge in [-0.15, -0.1) is 0 Å². The summed E-state index contributed by atoms with van der Waals surface area (Å²) in [6.07, 6.45) is 4.84. The summed E-state index contributed by atoms with van der Waals surface area (Å²) >= 11 is 0. The number of hydrogen-bond acceptors (Lipinski definition) is 5. The molecule has 1 fully saturated rings. The monoisotopic (exact) mass is 465 g/mol. The maximum atomic E-state index is 15.5. The van der Waals surface area contributed by atoms with E-state index in [9.17, 15) is 9.18 Å². The average molecular weight is 466 g/mol. The van der Waals surface area contributed by atoms with Crippen molar-refractivity contribution in [3.63, 3.8) is 0 Å². The number of carbonyl (C=O) groups excluding carboxylic acids is 1. The molecule has 0 unspecified atom stereocenters. The average Bonchev–Trinajstić information content (AvgIpc) is 3.19. The smallest absolute Gasteiger partial charge is 0.231 e. The van der Waals surface area contributed by atoms with E-state index in [1.165, 1.54) is 6.07 Å². The van der Waals surface area contributed by atoms with Gasteiger partial charge >= 0.3 is 0 Å². The lowest BCUT2D eigenvalue weighted by Crippen LogP contribution is -2.19. The number of anilines is 3. The lowest BCUT2D eigenvalue weighted by atomic mass is 10.0. The molecule has 176 valence electrons. The van der Waals surface area contributed by atoms with Gasteiger partial charge in [0.25, 0.3) is 0 Å². The van der Waals surface area contributed by atoms with Gasteiger partial charge in [0.1, 0.15) is 23.3 Å². The highest BCUT2D eigenvalue weighted by atomic mass is 19.1. The number of nitrogens with one attached hydrogen (secondary N) is 1. The van der Waals surface area contributed by atoms with E-state index in [4.69, 9.17) is 0 Å². The summed E-state index contributed by atoms with van der Waals surface area (Å²) in [6.45, 7) is 1.96. The Balaban J connectivity index is 1.57. The lowest BCUT2D eigenvalue weighted by Gasteiger charge is -2.23. The molecule has 1 saturated carbocycles. The predicted octanol–water partition coefficient (Wildman–Crippen LogP) is 4.13. The van der Waals surface area contributed by atoms with Crippen molar-refractivity contribution in [3.05, 3.63) is 48.3 Å². The van der Waals surface area contributed by atoms with Gasteiger partial charge in [0.15, 0.2) is 5.82 Å². The van der Waals surface area contributed by atoms with Crippen molar-refractivity contribution in [2.75, 3.05) is 17.3 Å². The number of fused-ring (bicyclic) bond motifs is 1. The van der Waals surface area contributed by atoms with E-state index in [1.54, 1.807) is 39.8 Å². The zero-order valence-corrected chi connectivity index (χ0v) is 19.4. The van der Waals surface area contributed by atoms with Crippen LogP contribution in [0.5, 0.6) is 0 Å². The third-order valence-electron chi connectivity index (χ3n) is 6.23. The highest BCUT2D eigenvalue weighted by molar-refractivity contribution is 6.01. The molecule has 1 amide bonds. The van der Waals surface area contributed by atoms with Gasteiger partial charge in [-0.1, -0.05) is 6.92 Å². The summed E-state index contributed by atoms with van der Waals surface area (Å²) in [6, 6.07) is 5.23. The van der Waals surface area contributed by atoms with Crippen molar-refractivity contribution in [2.45, 2.75) is 25.9 Å². The van der Waals surface area contributed by atoms with Crippen LogP contribution in [-0.2, 0) is 25.3 Å². The van der Waals surface area contributed by atoms with Crippen LogP contribution in [0.25, 0.3) is 22.2 Å². The number of amides is 1. The maximum absolute atomic E-state index is 15.5. The molecule has 2 atom stereocenters. The molecule has 1 aromatic carbocycles. The molecule has 4 aromatic rings. The number of imidazole rings is 1. The van der Waals surface area contributed by atoms with Crippen LogP contribution in [0.3, 0.4) is 0 Å². The third-order valence-corrected chi connectivity index (χ3v) is 6.23. The molecule has 5 rings (SSSR count). The van der Waals surface area contributed by atoms with E-state index in [-0.39, 0.29) is 12.2 Å². The molecule has 0 radical (unpaired) electrons. The molecule has 34 heavy (non-hydrogen) atoms. The Morgan fingerprint density at radius 1 is 1.26 bits per heavy atom. The van der Waals surface area contributed by atoms with Crippen LogP contribution >= 0.6 is 0 Å². The lowest BCUT2D eigenvalue weighted by molar-refractivity contribution is -0.117. The fourth-order valence-corrected chi connectivity index (χ4v) is 4.17. The zero-order valence-electron chi connectivity index (χ0n) is 19.4. The Kier molecular flexibility index (Phi) is 5.30. The molecule has 0 aliphatic heterocycles. The molecule has 0 spiro atoms. The summed E-state index contributed by atoms with van der Waals surface area (Å²) in [5.41, 5.74) is 3.98. The first-order chi connectivity index (χ1) is 16.3. The zero-order chi connectivity index (χ0) is 24.1. The standard InChI is InChI=1S/C24H25F2N7O/c1-5-13-6-14(15-10-28-32(3)11-15)7-18(26)22(13)33(4)20-9-19-21(27-12-31(19)2)23(29-20)30-24(34)16-8-17(16)25/h6-7,9-12,16-17H,5,8H2,1-4H3,(H,29,30,34)/t16-,17+/m0/s1. The van der Waals surface area contributed by atoms with Crippen molar-refractivity contribution in [1.82, 2.24) is 24.3 Å². The van der Waals surface area contributed by atoms with Gasteiger partial charge in [-0.3, -0.25) is 9.48 Å². The van der Waals surface area contributed by atoms with Gasteiger partial charge in [0.2, 0.25) is 5.91 Å². The van der Waals surface area contributed by atoms with Crippen LogP contribution < -0.4 is 10.2 Å². The molecular weight excluding hydrogens is 440 g/mol. The Morgan fingerprint density at radius 3 is 2.68 bits per heavy atom. The normalized spacial score (nSPS) is 17.2. The number of benzene rings is 1. The fourth-order valence-electron chi connectivity index (χ4n) is 4.17. The number of hydrogen-bond donors (Lipinski definition) is 1. The summed E-state index contributed by atoms with van der Waals surface area (Å²) in [7, 11) is 5.37. The van der Waals surface area contributed by atoms with Crippen LogP contribution in [0.15, 0.2) is 36.9 Å². The van der Waals surface area contributed by atoms with E-state index < -0.39 is 23.8 Å². The molecule has 1 N–H and O–H groups in total. The van der Waals surface area contributed by atoms with Crippen molar-refractivity contribution in [3.8, 4) is 11.1 Å². The second-order valence-corrected chi connectivity index (χ2v) is 8.68. The van der Waals surface area contributed by atoms with Crippen molar-refractivity contribution in [2.24, 2.45) is 20.0 Å². The number of carbonyl (C=O) groups is 1. The number of nitrogens with zero attached hydrogens (tertiary/aromatic N) is 6. The summed E-state index contributed by atoms with van der Waals surface area (Å²) in [4.78, 5) is 23.0. The van der Waals surface area contributed by atoms with Crippen molar-refractivity contribution in [1.29, 1.82) is 0 Å². The quantitative estimate of drug-likeness (QED) is 0.463. The number of aryl methyl sites for hydroxylation is 3. The Hall–Kier alpha value is -3.82. The minimum atomic E-state index is -1.12. The van der Waals surface area contributed by atoms with Crippen LogP contribution in [0.2, 0.25) is 0 Å². The maximum Gasteiger partial charge on any atom is 0.231 e. The summed E-state index contributed by atoms with van der Waals surface area (Å²) < 4.78 is 32.4. The Labute approximate surface area is 195 Å². The predicted molar refractivity (Wildman–Crippen MR) is 126 cm³/mol. The van der Waals surface area contributed by atoms with E-state index in [2.05, 4.69) is 20.4 Å². The molecule has 1 aliphatic carbocycles. The fraction of sp³-hybridized carbons (Fsp3) is 0.333. The Bertz CT molecular complexity index is 1410. The van der Waals surface area contributed by atoms with E-state index in [0.717, 1.165) is 16.7 Å². The molecule has 3 aromatic heterocycles. The number of alkyl halides is 1. The second-order valence-electron chi connectivity index (χ2n) is 8.68. The molecule has 8 nitrogen and oxygen atoms in total. The molecule has 10 heteroatoms. The van der Waals surface area contributed by atoms with Crippen molar-refractivity contribution < 1.29 is 13.6 Å². The Morgan fingerprint density at radius 2 is 2.03 bits per heavy atom. The van der Waals surface area contributed by atoms with Gasteiger partial charge in [-0.25, -0.2) is 18.7 Å². The van der Waals surface area contributed by atoms with Gasteiger partial charge in [0, 0.05) is 39.0 Å². The van der Waals surface area contributed by atoms with Crippen LogP contribution in [0, 0.1) is 11.7 Å². The highest BCUT2D eigenvalue weighted by Gasteiger charge is 2.44. The first kappa shape index (κ1) is 22.0. The summed E-state index contributed by atoms with van der Waals surface area (Å²) in [5, 5.41) is 6.90. The first-order valence-corrected chi connectivity index (χ1v) is 11.1. The third kappa shape index (κ3) is 3.78. The molecule has 0 saturated heterocycles. The van der Waals surface area contributed by atoms with Gasteiger partial charge in [-0.05, 0) is 36.1 Å². The van der Waals surface area contributed by atoms with Gasteiger partial charge in [0.05, 0.1) is 29.6 Å². The van der Waals surface area contributed by atoms with Gasteiger partial charge < -0.3 is 14.8 Å².